The number of nitrogens with zero attached hydrogens (tertiary/aromatic N) is 2. The van der Waals surface area contributed by atoms with Crippen LogP contribution < -0.4 is 4.90 Å². The van der Waals surface area contributed by atoms with Crippen LogP contribution in [0, 0.1) is 13.8 Å². The lowest BCUT2D eigenvalue weighted by Crippen LogP contribution is -2.33. The Kier molecular flexibility index (Phi) is 6.66. The standard InChI is InChI=1S/C20H29BrN2O2/c1-12(2)16-7-9-23(10-8-16)20-17(11-18(24)25-13(3)4)14(5)22-15(6)19(20)21/h13H,7-11H2,1-6H3. The number of esters is 1. The van der Waals surface area contributed by atoms with Gasteiger partial charge in [-0.1, -0.05) is 11.1 Å². The number of hydrogen-bond donors (Lipinski definition) is 0. The fourth-order valence-corrected chi connectivity index (χ4v) is 3.91. The molecule has 0 unspecified atom stereocenters. The number of hydrogen-bond acceptors (Lipinski definition) is 4. The number of aromatic nitrogens is 1. The zero-order chi connectivity index (χ0) is 18.7. The van der Waals surface area contributed by atoms with Crippen molar-refractivity contribution in [2.24, 2.45) is 0 Å². The van der Waals surface area contributed by atoms with Gasteiger partial charge in [-0.2, -0.15) is 0 Å². The number of piperidine rings is 1. The summed E-state index contributed by atoms with van der Waals surface area (Å²) in [7, 11) is 0. The third kappa shape index (κ3) is 4.84. The first-order chi connectivity index (χ1) is 11.7. The van der Waals surface area contributed by atoms with Crippen LogP contribution in [0.5, 0.6) is 0 Å². The molecule has 5 heteroatoms. The lowest BCUT2D eigenvalue weighted by molar-refractivity contribution is -0.146. The highest BCUT2D eigenvalue weighted by molar-refractivity contribution is 9.10. The molecule has 1 aliphatic heterocycles. The number of rotatable bonds is 4. The SMILES string of the molecule is CC(C)=C1CCN(c2c(Br)c(C)nc(C)c2CC(=O)OC(C)C)CC1. The van der Waals surface area contributed by atoms with E-state index in [0.717, 1.165) is 53.0 Å². The lowest BCUT2D eigenvalue weighted by Gasteiger charge is -2.34. The van der Waals surface area contributed by atoms with Crippen LogP contribution in [0.2, 0.25) is 0 Å². The number of ether oxygens (including phenoxy) is 1. The molecule has 138 valence electrons. The Morgan fingerprint density at radius 2 is 1.80 bits per heavy atom. The Bertz CT molecular complexity index is 681. The molecular formula is C20H29BrN2O2. The monoisotopic (exact) mass is 408 g/mol. The van der Waals surface area contributed by atoms with Gasteiger partial charge in [0, 0.05) is 24.3 Å². The molecule has 0 aliphatic carbocycles. The highest BCUT2D eigenvalue weighted by atomic mass is 79.9. The number of anilines is 1. The summed E-state index contributed by atoms with van der Waals surface area (Å²) in [6, 6.07) is 0. The van der Waals surface area contributed by atoms with Crippen molar-refractivity contribution in [3.05, 3.63) is 32.6 Å². The highest BCUT2D eigenvalue weighted by Gasteiger charge is 2.24. The molecule has 1 aliphatic rings. The van der Waals surface area contributed by atoms with Gasteiger partial charge in [0.05, 0.1) is 28.4 Å². The van der Waals surface area contributed by atoms with E-state index in [1.54, 1.807) is 5.57 Å². The molecule has 2 heterocycles. The van der Waals surface area contributed by atoms with E-state index in [4.69, 9.17) is 4.74 Å². The summed E-state index contributed by atoms with van der Waals surface area (Å²) in [5, 5.41) is 0. The minimum absolute atomic E-state index is 0.103. The van der Waals surface area contributed by atoms with Crippen molar-refractivity contribution in [2.45, 2.75) is 66.9 Å². The quantitative estimate of drug-likeness (QED) is 0.525. The van der Waals surface area contributed by atoms with Crippen LogP contribution in [-0.2, 0) is 16.0 Å². The fraction of sp³-hybridized carbons (Fsp3) is 0.600. The number of aryl methyl sites for hydroxylation is 2. The van der Waals surface area contributed by atoms with Crippen molar-refractivity contribution in [3.63, 3.8) is 0 Å². The van der Waals surface area contributed by atoms with E-state index in [9.17, 15) is 4.79 Å². The summed E-state index contributed by atoms with van der Waals surface area (Å²) in [5.74, 6) is -0.195. The van der Waals surface area contributed by atoms with E-state index >= 15 is 0 Å². The smallest absolute Gasteiger partial charge is 0.310 e. The van der Waals surface area contributed by atoms with Gasteiger partial charge in [0.25, 0.3) is 0 Å². The fourth-order valence-electron chi connectivity index (χ4n) is 3.33. The molecule has 0 N–H and O–H groups in total. The molecule has 1 fully saturated rings. The lowest BCUT2D eigenvalue weighted by atomic mass is 9.97. The highest BCUT2D eigenvalue weighted by Crippen LogP contribution is 2.37. The van der Waals surface area contributed by atoms with Gasteiger partial charge in [0.15, 0.2) is 0 Å². The molecule has 0 aromatic carbocycles. The van der Waals surface area contributed by atoms with Crippen LogP contribution in [0.1, 0.15) is 57.5 Å². The predicted octanol–water partition coefficient (Wildman–Crippen LogP) is 4.89. The zero-order valence-electron chi connectivity index (χ0n) is 16.2. The Labute approximate surface area is 159 Å². The molecular weight excluding hydrogens is 380 g/mol. The van der Waals surface area contributed by atoms with Crippen LogP contribution in [0.25, 0.3) is 0 Å². The van der Waals surface area contributed by atoms with E-state index in [1.165, 1.54) is 5.57 Å². The molecule has 1 aromatic heterocycles. The van der Waals surface area contributed by atoms with Crippen LogP contribution >= 0.6 is 15.9 Å². The van der Waals surface area contributed by atoms with Gasteiger partial charge in [-0.15, -0.1) is 0 Å². The average Bonchev–Trinajstić information content (AvgIpc) is 2.52. The molecule has 1 saturated heterocycles. The molecule has 0 amide bonds. The summed E-state index contributed by atoms with van der Waals surface area (Å²) in [5.41, 5.74) is 6.94. The van der Waals surface area contributed by atoms with Crippen molar-refractivity contribution >= 4 is 27.6 Å². The van der Waals surface area contributed by atoms with Crippen LogP contribution in [0.15, 0.2) is 15.6 Å². The summed E-state index contributed by atoms with van der Waals surface area (Å²) >= 11 is 3.72. The van der Waals surface area contributed by atoms with E-state index in [-0.39, 0.29) is 18.5 Å². The third-order valence-electron chi connectivity index (χ3n) is 4.66. The summed E-state index contributed by atoms with van der Waals surface area (Å²) in [4.78, 5) is 19.3. The normalized spacial score (nSPS) is 14.9. The molecule has 0 bridgehead atoms. The first-order valence-corrected chi connectivity index (χ1v) is 9.75. The van der Waals surface area contributed by atoms with Gasteiger partial charge in [-0.05, 0) is 70.3 Å². The van der Waals surface area contributed by atoms with Crippen LogP contribution in [0.4, 0.5) is 5.69 Å². The molecule has 0 saturated carbocycles. The Morgan fingerprint density at radius 3 is 2.32 bits per heavy atom. The second-order valence-corrected chi connectivity index (χ2v) is 8.02. The zero-order valence-corrected chi connectivity index (χ0v) is 17.8. The maximum atomic E-state index is 12.3. The largest absolute Gasteiger partial charge is 0.463 e. The van der Waals surface area contributed by atoms with Gasteiger partial charge in [0.1, 0.15) is 0 Å². The molecule has 2 rings (SSSR count). The maximum Gasteiger partial charge on any atom is 0.310 e. The maximum absolute atomic E-state index is 12.3. The summed E-state index contributed by atoms with van der Waals surface area (Å²) in [6.45, 7) is 14.0. The van der Waals surface area contributed by atoms with Gasteiger partial charge in [-0.25, -0.2) is 0 Å². The summed E-state index contributed by atoms with van der Waals surface area (Å²) < 4.78 is 6.35. The molecule has 25 heavy (non-hydrogen) atoms. The van der Waals surface area contributed by atoms with Crippen LogP contribution in [-0.4, -0.2) is 30.1 Å². The van der Waals surface area contributed by atoms with Gasteiger partial charge >= 0.3 is 5.97 Å². The number of carbonyl (C=O) groups excluding carboxylic acids is 1. The van der Waals surface area contributed by atoms with Gasteiger partial charge in [0.2, 0.25) is 0 Å². The average molecular weight is 409 g/mol. The second kappa shape index (κ2) is 8.35. The first-order valence-electron chi connectivity index (χ1n) is 8.96. The number of allylic oxidation sites excluding steroid dienone is 1. The molecule has 0 atom stereocenters. The van der Waals surface area contributed by atoms with Crippen LogP contribution in [0.3, 0.4) is 0 Å². The first kappa shape index (κ1) is 20.0. The molecule has 0 spiro atoms. The summed E-state index contributed by atoms with van der Waals surface area (Å²) in [6.07, 6.45) is 2.31. The van der Waals surface area contributed by atoms with E-state index in [0.29, 0.717) is 0 Å². The van der Waals surface area contributed by atoms with Crippen molar-refractivity contribution in [1.82, 2.24) is 4.98 Å². The van der Waals surface area contributed by atoms with E-state index in [2.05, 4.69) is 39.7 Å². The van der Waals surface area contributed by atoms with Crippen molar-refractivity contribution in [3.8, 4) is 0 Å². The molecule has 1 aromatic rings. The number of carbonyl (C=O) groups is 1. The Hall–Kier alpha value is -1.36. The van der Waals surface area contributed by atoms with Gasteiger partial charge < -0.3 is 9.64 Å². The van der Waals surface area contributed by atoms with E-state index in [1.807, 2.05) is 27.7 Å². The minimum Gasteiger partial charge on any atom is -0.463 e. The van der Waals surface area contributed by atoms with Crippen molar-refractivity contribution in [2.75, 3.05) is 18.0 Å². The van der Waals surface area contributed by atoms with Crippen molar-refractivity contribution < 1.29 is 9.53 Å². The minimum atomic E-state index is -0.195. The molecule has 4 nitrogen and oxygen atoms in total. The number of halogens is 1. The topological polar surface area (TPSA) is 42.4 Å². The Balaban J connectivity index is 2.36. The molecule has 0 radical (unpaired) electrons. The van der Waals surface area contributed by atoms with E-state index < -0.39 is 0 Å². The predicted molar refractivity (Wildman–Crippen MR) is 106 cm³/mol. The number of pyridine rings is 1. The van der Waals surface area contributed by atoms with Crippen molar-refractivity contribution in [1.29, 1.82) is 0 Å². The Morgan fingerprint density at radius 1 is 1.20 bits per heavy atom. The second-order valence-electron chi connectivity index (χ2n) is 7.23. The van der Waals surface area contributed by atoms with Gasteiger partial charge in [-0.3, -0.25) is 9.78 Å². The third-order valence-corrected chi connectivity index (χ3v) is 5.61.